The van der Waals surface area contributed by atoms with Crippen LogP contribution in [0.15, 0.2) is 90.2 Å². The minimum absolute atomic E-state index is 0. The molecule has 0 amide bonds. The quantitative estimate of drug-likeness (QED) is 0.164. The van der Waals surface area contributed by atoms with E-state index in [1.807, 2.05) is 42.6 Å². The fraction of sp³-hybridized carbons (Fsp3) is 0.256. The summed E-state index contributed by atoms with van der Waals surface area (Å²) < 4.78 is 15.2. The Bertz CT molecular complexity index is 2110. The number of hydrogen-bond acceptors (Lipinski definition) is 5. The Hall–Kier alpha value is -4.28. The average Bonchev–Trinajstić information content (AvgIpc) is 3.73. The number of aliphatic imine (C=N–C) groups is 1. The molecule has 1 aliphatic carbocycles. The van der Waals surface area contributed by atoms with Crippen LogP contribution in [0.1, 0.15) is 56.7 Å². The van der Waals surface area contributed by atoms with Gasteiger partial charge in [-0.15, -0.1) is 29.8 Å². The third-order valence-electron chi connectivity index (χ3n) is 8.84. The van der Waals surface area contributed by atoms with Crippen LogP contribution in [0.25, 0.3) is 38.9 Å². The van der Waals surface area contributed by atoms with Crippen molar-refractivity contribution in [3.05, 3.63) is 114 Å². The number of fused-ring (bicyclic) bond motifs is 4. The monoisotopic (exact) mass is 785 g/mol. The zero-order valence-corrected chi connectivity index (χ0v) is 28.6. The summed E-state index contributed by atoms with van der Waals surface area (Å²) in [6, 6.07) is 32.1. The van der Waals surface area contributed by atoms with E-state index in [4.69, 9.17) is 19.5 Å². The fourth-order valence-electron chi connectivity index (χ4n) is 6.50. The third kappa shape index (κ3) is 5.53. The predicted molar refractivity (Wildman–Crippen MR) is 178 cm³/mol. The molecule has 0 spiro atoms. The zero-order valence-electron chi connectivity index (χ0n) is 26.3. The standard InChI is InChI=1S/C39H34N4O2.Pt/c1-24-13-14-35-32(17-24)31-9-8-16-41-37(31)43(35)28-21-27(39(2,3)4)22-30(23-28)44-29-19-25(33-10-5-6-15-40-33)18-26(20-29)38-42-34-11-7-12-36(34)45-38;/h5-6,8-10,13-19,21-22,34,36H,7,11-12H2,1-4H3;/q-2;+2/t34-,36+;/m1./s1. The first kappa shape index (κ1) is 30.4. The number of nitrogens with zero attached hydrogens (tertiary/aromatic N) is 4. The van der Waals surface area contributed by atoms with Gasteiger partial charge >= 0.3 is 21.1 Å². The maximum absolute atomic E-state index is 6.67. The molecule has 2 aliphatic rings. The van der Waals surface area contributed by atoms with Gasteiger partial charge in [0, 0.05) is 34.7 Å². The molecular weight excluding hydrogens is 752 g/mol. The van der Waals surface area contributed by atoms with Gasteiger partial charge in [0.25, 0.3) is 0 Å². The van der Waals surface area contributed by atoms with Crippen LogP contribution in [0.5, 0.6) is 11.5 Å². The van der Waals surface area contributed by atoms with Crippen molar-refractivity contribution in [3.63, 3.8) is 0 Å². The third-order valence-corrected chi connectivity index (χ3v) is 8.84. The number of aromatic nitrogens is 3. The van der Waals surface area contributed by atoms with Gasteiger partial charge in [0.2, 0.25) is 0 Å². The van der Waals surface area contributed by atoms with E-state index in [0.717, 1.165) is 63.9 Å². The van der Waals surface area contributed by atoms with Crippen LogP contribution in [0.3, 0.4) is 0 Å². The van der Waals surface area contributed by atoms with Gasteiger partial charge in [-0.25, -0.2) is 4.98 Å². The normalized spacial score (nSPS) is 17.4. The molecule has 8 rings (SSSR count). The molecule has 1 aliphatic heterocycles. The summed E-state index contributed by atoms with van der Waals surface area (Å²) >= 11 is 0. The van der Waals surface area contributed by atoms with E-state index in [9.17, 15) is 0 Å². The van der Waals surface area contributed by atoms with Crippen molar-refractivity contribution in [2.75, 3.05) is 0 Å². The van der Waals surface area contributed by atoms with E-state index < -0.39 is 0 Å². The Morgan fingerprint density at radius 2 is 1.72 bits per heavy atom. The van der Waals surface area contributed by atoms with Crippen molar-refractivity contribution in [3.8, 4) is 28.4 Å². The van der Waals surface area contributed by atoms with Crippen molar-refractivity contribution in [2.45, 2.75) is 64.5 Å². The van der Waals surface area contributed by atoms with Crippen molar-refractivity contribution in [1.29, 1.82) is 0 Å². The maximum Gasteiger partial charge on any atom is 2.00 e. The molecule has 0 saturated heterocycles. The SMILES string of the molecule is Cc1ccc2c(c1)c1cccnc1n2-c1[c-]c(Oc2[c-]c(C3=N[C@@H]4CCC[C@@H]4O3)cc(-c3ccccn3)c2)cc(C(C)(C)C)c1.[Pt+2]. The molecule has 0 bridgehead atoms. The van der Waals surface area contributed by atoms with Crippen molar-refractivity contribution >= 4 is 27.8 Å². The molecule has 7 heteroatoms. The molecule has 1 fully saturated rings. The molecule has 232 valence electrons. The fourth-order valence-corrected chi connectivity index (χ4v) is 6.50. The van der Waals surface area contributed by atoms with Crippen LogP contribution < -0.4 is 4.74 Å². The first-order valence-electron chi connectivity index (χ1n) is 15.7. The molecule has 0 unspecified atom stereocenters. The first-order valence-corrected chi connectivity index (χ1v) is 15.7. The van der Waals surface area contributed by atoms with Gasteiger partial charge in [-0.3, -0.25) is 9.98 Å². The molecule has 6 nitrogen and oxygen atoms in total. The molecule has 3 aromatic carbocycles. The number of hydrogen-bond donors (Lipinski definition) is 0. The molecule has 1 saturated carbocycles. The summed E-state index contributed by atoms with van der Waals surface area (Å²) in [6.45, 7) is 8.75. The average molecular weight is 786 g/mol. The number of aryl methyl sites for hydroxylation is 1. The molecule has 6 aromatic rings. The van der Waals surface area contributed by atoms with Crippen molar-refractivity contribution in [2.24, 2.45) is 4.99 Å². The van der Waals surface area contributed by atoms with E-state index in [1.54, 1.807) is 6.20 Å². The van der Waals surface area contributed by atoms with Gasteiger partial charge in [0.15, 0.2) is 0 Å². The van der Waals surface area contributed by atoms with Crippen LogP contribution in [0.4, 0.5) is 0 Å². The van der Waals surface area contributed by atoms with Gasteiger partial charge in [-0.05, 0) is 68.0 Å². The van der Waals surface area contributed by atoms with Gasteiger partial charge in [0.05, 0.1) is 17.3 Å². The van der Waals surface area contributed by atoms with E-state index in [2.05, 4.69) is 85.8 Å². The van der Waals surface area contributed by atoms with E-state index in [-0.39, 0.29) is 38.6 Å². The summed E-state index contributed by atoms with van der Waals surface area (Å²) in [5, 5.41) is 2.27. The molecule has 0 radical (unpaired) electrons. The maximum atomic E-state index is 6.67. The second-order valence-corrected chi connectivity index (χ2v) is 13.2. The number of rotatable bonds is 5. The van der Waals surface area contributed by atoms with E-state index in [0.29, 0.717) is 17.4 Å². The molecule has 3 aromatic heterocycles. The minimum Gasteiger partial charge on any atom is -0.515 e. The van der Waals surface area contributed by atoms with Crippen molar-refractivity contribution in [1.82, 2.24) is 14.5 Å². The van der Waals surface area contributed by atoms with Gasteiger partial charge in [-0.1, -0.05) is 67.4 Å². The summed E-state index contributed by atoms with van der Waals surface area (Å²) in [5.74, 6) is 1.79. The summed E-state index contributed by atoms with van der Waals surface area (Å²) in [7, 11) is 0. The van der Waals surface area contributed by atoms with Crippen LogP contribution in [-0.2, 0) is 31.2 Å². The van der Waals surface area contributed by atoms with Crippen LogP contribution >= 0.6 is 0 Å². The second kappa shape index (κ2) is 11.8. The Balaban J connectivity index is 0.00000338. The molecule has 0 N–H and O–H groups in total. The first-order chi connectivity index (χ1) is 21.8. The van der Waals surface area contributed by atoms with Crippen LogP contribution in [0.2, 0.25) is 0 Å². The second-order valence-electron chi connectivity index (χ2n) is 13.2. The zero-order chi connectivity index (χ0) is 30.7. The Morgan fingerprint density at radius 1 is 0.870 bits per heavy atom. The van der Waals surface area contributed by atoms with Gasteiger partial charge in [-0.2, -0.15) is 0 Å². The van der Waals surface area contributed by atoms with E-state index >= 15 is 0 Å². The Kier molecular flexibility index (Phi) is 7.81. The van der Waals surface area contributed by atoms with E-state index in [1.165, 1.54) is 10.9 Å². The Labute approximate surface area is 283 Å². The largest absolute Gasteiger partial charge is 2.00 e. The molecule has 4 heterocycles. The van der Waals surface area contributed by atoms with Crippen LogP contribution in [0, 0.1) is 19.1 Å². The topological polar surface area (TPSA) is 61.5 Å². The number of benzene rings is 3. The molecule has 2 atom stereocenters. The molecular formula is C39H34N4O2Pt. The summed E-state index contributed by atoms with van der Waals surface area (Å²) in [4.78, 5) is 14.4. The van der Waals surface area contributed by atoms with Gasteiger partial charge in [0.1, 0.15) is 17.6 Å². The van der Waals surface area contributed by atoms with Gasteiger partial charge < -0.3 is 14.0 Å². The summed E-state index contributed by atoms with van der Waals surface area (Å²) in [5.41, 5.74) is 7.57. The summed E-state index contributed by atoms with van der Waals surface area (Å²) in [6.07, 6.45) is 7.05. The minimum atomic E-state index is -0.139. The number of ether oxygens (including phenoxy) is 2. The smallest absolute Gasteiger partial charge is 0.515 e. The Morgan fingerprint density at radius 3 is 2.52 bits per heavy atom. The van der Waals surface area contributed by atoms with Crippen LogP contribution in [-0.4, -0.2) is 32.6 Å². The van der Waals surface area contributed by atoms with Crippen molar-refractivity contribution < 1.29 is 30.5 Å². The predicted octanol–water partition coefficient (Wildman–Crippen LogP) is 8.93. The molecule has 46 heavy (non-hydrogen) atoms. The number of pyridine rings is 2.